The van der Waals surface area contributed by atoms with Crippen molar-refractivity contribution in [3.05, 3.63) is 20.8 Å². The number of sulfone groups is 1. The molecule has 0 saturated carbocycles. The number of fused-ring (bicyclic) bond motifs is 1. The summed E-state index contributed by atoms with van der Waals surface area (Å²) in [6, 6.07) is 0. The summed E-state index contributed by atoms with van der Waals surface area (Å²) in [5.41, 5.74) is -0.425. The van der Waals surface area contributed by atoms with Crippen LogP contribution < -0.4 is 16.6 Å². The number of imidazole rings is 1. The summed E-state index contributed by atoms with van der Waals surface area (Å²) >= 11 is 0. The third kappa shape index (κ3) is 3.15. The van der Waals surface area contributed by atoms with Crippen molar-refractivity contribution >= 4 is 26.9 Å². The van der Waals surface area contributed by atoms with E-state index in [1.165, 1.54) is 24.9 Å². The van der Waals surface area contributed by atoms with Crippen LogP contribution in [0.1, 0.15) is 6.42 Å². The Labute approximate surface area is 120 Å². The number of hydrogen-bond donors (Lipinski definition) is 2. The van der Waals surface area contributed by atoms with E-state index in [9.17, 15) is 18.0 Å². The summed E-state index contributed by atoms with van der Waals surface area (Å²) < 4.78 is 24.3. The molecule has 9 nitrogen and oxygen atoms in total. The van der Waals surface area contributed by atoms with Crippen LogP contribution in [0.25, 0.3) is 11.2 Å². The zero-order chi connectivity index (χ0) is 15.8. The van der Waals surface area contributed by atoms with Crippen molar-refractivity contribution in [3.63, 3.8) is 0 Å². The highest BCUT2D eigenvalue weighted by Gasteiger charge is 2.13. The zero-order valence-electron chi connectivity index (χ0n) is 12.0. The van der Waals surface area contributed by atoms with E-state index in [1.54, 1.807) is 0 Å². The number of aromatic nitrogens is 4. The molecule has 0 aliphatic heterocycles. The second kappa shape index (κ2) is 5.35. The Morgan fingerprint density at radius 3 is 2.52 bits per heavy atom. The molecule has 2 aromatic heterocycles. The van der Waals surface area contributed by atoms with E-state index in [4.69, 9.17) is 0 Å². The van der Waals surface area contributed by atoms with Gasteiger partial charge in [-0.25, -0.2) is 13.2 Å². The normalized spacial score (nSPS) is 12.0. The minimum atomic E-state index is -3.00. The van der Waals surface area contributed by atoms with Crippen LogP contribution in [-0.2, 0) is 23.9 Å². The highest BCUT2D eigenvalue weighted by molar-refractivity contribution is 7.90. The molecule has 21 heavy (non-hydrogen) atoms. The number of aromatic amines is 1. The van der Waals surface area contributed by atoms with Gasteiger partial charge in [-0.1, -0.05) is 0 Å². The molecule has 0 radical (unpaired) electrons. The van der Waals surface area contributed by atoms with Crippen molar-refractivity contribution in [2.45, 2.75) is 6.42 Å². The van der Waals surface area contributed by atoms with E-state index >= 15 is 0 Å². The maximum atomic E-state index is 11.9. The number of nitrogens with one attached hydrogen (secondary N) is 2. The fourth-order valence-electron chi connectivity index (χ4n) is 1.95. The largest absolute Gasteiger partial charge is 0.356 e. The summed E-state index contributed by atoms with van der Waals surface area (Å²) in [6.45, 7) is 0.390. The standard InChI is InChI=1S/C11H17N5O4S/c1-15-8-7(9(17)16(2)11(15)18)13-10(14-8)12-5-4-6-21(3,19)20/h4-6H2,1-3H3,(H2,12,13,14). The van der Waals surface area contributed by atoms with Crippen LogP contribution in [-0.4, -0.2) is 46.1 Å². The zero-order valence-corrected chi connectivity index (χ0v) is 12.8. The van der Waals surface area contributed by atoms with E-state index in [-0.39, 0.29) is 16.9 Å². The molecule has 0 unspecified atom stereocenters. The molecule has 2 N–H and O–H groups in total. The van der Waals surface area contributed by atoms with Crippen LogP contribution in [0.2, 0.25) is 0 Å². The summed E-state index contributed by atoms with van der Waals surface area (Å²) in [5, 5.41) is 2.91. The van der Waals surface area contributed by atoms with Crippen molar-refractivity contribution in [3.8, 4) is 0 Å². The molecule has 0 aliphatic rings. The SMILES string of the molecule is Cn1c(=O)c2[nH]c(NCCCS(C)(=O)=O)nc2n(C)c1=O. The first-order valence-electron chi connectivity index (χ1n) is 6.28. The Bertz CT molecular complexity index is 890. The molecule has 0 bridgehead atoms. The van der Waals surface area contributed by atoms with E-state index in [0.717, 1.165) is 4.57 Å². The van der Waals surface area contributed by atoms with Crippen LogP contribution in [0.5, 0.6) is 0 Å². The van der Waals surface area contributed by atoms with Gasteiger partial charge in [0.15, 0.2) is 11.2 Å². The van der Waals surface area contributed by atoms with Gasteiger partial charge in [-0.15, -0.1) is 0 Å². The van der Waals surface area contributed by atoms with E-state index in [1.807, 2.05) is 0 Å². The Morgan fingerprint density at radius 2 is 1.90 bits per heavy atom. The molecule has 2 rings (SSSR count). The van der Waals surface area contributed by atoms with Crippen LogP contribution >= 0.6 is 0 Å². The molecule has 10 heteroatoms. The first-order valence-corrected chi connectivity index (χ1v) is 8.34. The van der Waals surface area contributed by atoms with Crippen LogP contribution in [0.15, 0.2) is 9.59 Å². The van der Waals surface area contributed by atoms with Crippen molar-refractivity contribution in [2.75, 3.05) is 23.9 Å². The number of nitrogens with zero attached hydrogens (tertiary/aromatic N) is 3. The molecule has 2 heterocycles. The van der Waals surface area contributed by atoms with Crippen molar-refractivity contribution in [1.82, 2.24) is 19.1 Å². The fourth-order valence-corrected chi connectivity index (χ4v) is 2.62. The highest BCUT2D eigenvalue weighted by Crippen LogP contribution is 2.08. The first-order chi connectivity index (χ1) is 9.70. The predicted octanol–water partition coefficient (Wildman–Crippen LogP) is -1.19. The number of aryl methyl sites for hydroxylation is 1. The number of rotatable bonds is 5. The average molecular weight is 315 g/mol. The van der Waals surface area contributed by atoms with Gasteiger partial charge in [-0.2, -0.15) is 4.98 Å². The molecule has 0 atom stereocenters. The molecule has 0 amide bonds. The lowest BCUT2D eigenvalue weighted by atomic mass is 10.5. The number of H-pyrrole nitrogens is 1. The molecule has 0 spiro atoms. The summed E-state index contributed by atoms with van der Waals surface area (Å²) in [5.74, 6) is 0.400. The topological polar surface area (TPSA) is 119 Å². The number of hydrogen-bond acceptors (Lipinski definition) is 6. The third-order valence-corrected chi connectivity index (χ3v) is 4.11. The second-order valence-corrected chi connectivity index (χ2v) is 7.16. The molecular weight excluding hydrogens is 298 g/mol. The molecule has 116 valence electrons. The monoisotopic (exact) mass is 315 g/mol. The minimum absolute atomic E-state index is 0.0699. The van der Waals surface area contributed by atoms with Gasteiger partial charge in [0.2, 0.25) is 5.95 Å². The molecule has 0 aromatic carbocycles. The average Bonchev–Trinajstić information content (AvgIpc) is 2.82. The van der Waals surface area contributed by atoms with E-state index < -0.39 is 21.1 Å². The minimum Gasteiger partial charge on any atom is -0.356 e. The lowest BCUT2D eigenvalue weighted by molar-refractivity contribution is 0.600. The van der Waals surface area contributed by atoms with Gasteiger partial charge in [-0.3, -0.25) is 13.9 Å². The Morgan fingerprint density at radius 1 is 1.24 bits per heavy atom. The fraction of sp³-hybridized carbons (Fsp3) is 0.545. The maximum absolute atomic E-state index is 11.9. The maximum Gasteiger partial charge on any atom is 0.332 e. The third-order valence-electron chi connectivity index (χ3n) is 3.08. The quantitative estimate of drug-likeness (QED) is 0.669. The summed E-state index contributed by atoms with van der Waals surface area (Å²) in [6.07, 6.45) is 1.60. The van der Waals surface area contributed by atoms with Crippen molar-refractivity contribution in [1.29, 1.82) is 0 Å². The van der Waals surface area contributed by atoms with Gasteiger partial charge >= 0.3 is 5.69 Å². The smallest absolute Gasteiger partial charge is 0.332 e. The van der Waals surface area contributed by atoms with E-state index in [0.29, 0.717) is 18.9 Å². The van der Waals surface area contributed by atoms with Gasteiger partial charge in [-0.05, 0) is 6.42 Å². The van der Waals surface area contributed by atoms with Gasteiger partial charge in [0.05, 0.1) is 5.75 Å². The predicted molar refractivity (Wildman–Crippen MR) is 79.4 cm³/mol. The molecule has 0 fully saturated rings. The molecule has 2 aromatic rings. The van der Waals surface area contributed by atoms with Gasteiger partial charge < -0.3 is 10.3 Å². The lowest BCUT2D eigenvalue weighted by Gasteiger charge is -2.01. The molecule has 0 aliphatic carbocycles. The second-order valence-electron chi connectivity index (χ2n) is 4.90. The Hall–Kier alpha value is -2.10. The van der Waals surface area contributed by atoms with Gasteiger partial charge in [0.1, 0.15) is 9.84 Å². The highest BCUT2D eigenvalue weighted by atomic mass is 32.2. The Kier molecular flexibility index (Phi) is 3.90. The first kappa shape index (κ1) is 15.3. The van der Waals surface area contributed by atoms with Gasteiger partial charge in [0, 0.05) is 26.9 Å². The Balaban J connectivity index is 2.24. The van der Waals surface area contributed by atoms with Crippen molar-refractivity contribution < 1.29 is 8.42 Å². The van der Waals surface area contributed by atoms with Crippen LogP contribution in [0.4, 0.5) is 5.95 Å². The number of anilines is 1. The van der Waals surface area contributed by atoms with Gasteiger partial charge in [0.25, 0.3) is 5.56 Å². The van der Waals surface area contributed by atoms with Crippen LogP contribution in [0.3, 0.4) is 0 Å². The molecule has 0 saturated heterocycles. The summed E-state index contributed by atoms with van der Waals surface area (Å²) in [7, 11) is -0.0780. The summed E-state index contributed by atoms with van der Waals surface area (Å²) in [4.78, 5) is 30.7. The lowest BCUT2D eigenvalue weighted by Crippen LogP contribution is -2.36. The molecular formula is C11H17N5O4S. The van der Waals surface area contributed by atoms with Crippen molar-refractivity contribution in [2.24, 2.45) is 14.1 Å². The van der Waals surface area contributed by atoms with Crippen LogP contribution in [0, 0.1) is 0 Å². The van der Waals surface area contributed by atoms with E-state index in [2.05, 4.69) is 15.3 Å².